The SMILES string of the molecule is COC(=O)N1S/C(=C\c2ccc(OC)cc2)C(=O)N1C(=O)OC. The Morgan fingerprint density at radius 1 is 1.04 bits per heavy atom. The van der Waals surface area contributed by atoms with E-state index in [0.29, 0.717) is 16.3 Å². The van der Waals surface area contributed by atoms with Crippen LogP contribution in [0.1, 0.15) is 5.56 Å². The van der Waals surface area contributed by atoms with Crippen molar-refractivity contribution in [3.63, 3.8) is 0 Å². The van der Waals surface area contributed by atoms with Crippen LogP contribution in [-0.2, 0) is 14.3 Å². The van der Waals surface area contributed by atoms with Crippen LogP contribution in [0.5, 0.6) is 5.75 Å². The molecule has 1 heterocycles. The summed E-state index contributed by atoms with van der Waals surface area (Å²) in [6, 6.07) is 6.94. The summed E-state index contributed by atoms with van der Waals surface area (Å²) in [4.78, 5) is 35.9. The zero-order chi connectivity index (χ0) is 17.0. The van der Waals surface area contributed by atoms with Crippen LogP contribution >= 0.6 is 11.9 Å². The third-order valence-electron chi connectivity index (χ3n) is 2.86. The molecule has 2 rings (SSSR count). The Labute approximate surface area is 136 Å². The Morgan fingerprint density at radius 3 is 2.17 bits per heavy atom. The lowest BCUT2D eigenvalue weighted by Gasteiger charge is -2.20. The standard InChI is InChI=1S/C14H14N2O6S/c1-20-10-6-4-9(5-7-10)8-11-12(17)15(13(18)21-2)16(23-11)14(19)22-3/h4-8H,1-3H3/b11-8-. The van der Waals surface area contributed by atoms with Gasteiger partial charge in [-0.15, -0.1) is 9.42 Å². The highest BCUT2D eigenvalue weighted by molar-refractivity contribution is 8.02. The fourth-order valence-electron chi connectivity index (χ4n) is 1.74. The number of carbonyl (C=O) groups is 3. The fraction of sp³-hybridized carbons (Fsp3) is 0.214. The number of carbonyl (C=O) groups excluding carboxylic acids is 3. The van der Waals surface area contributed by atoms with Gasteiger partial charge in [0.1, 0.15) is 5.75 Å². The molecule has 1 aliphatic rings. The van der Waals surface area contributed by atoms with Crippen LogP contribution in [0.4, 0.5) is 9.59 Å². The molecule has 23 heavy (non-hydrogen) atoms. The second-order valence-corrected chi connectivity index (χ2v) is 5.17. The van der Waals surface area contributed by atoms with Crippen molar-refractivity contribution in [3.8, 4) is 5.75 Å². The first-order valence-electron chi connectivity index (χ1n) is 6.36. The smallest absolute Gasteiger partial charge is 0.440 e. The average Bonchev–Trinajstić information content (AvgIpc) is 2.90. The van der Waals surface area contributed by atoms with E-state index >= 15 is 0 Å². The van der Waals surface area contributed by atoms with E-state index in [9.17, 15) is 14.4 Å². The summed E-state index contributed by atoms with van der Waals surface area (Å²) in [7, 11) is 3.81. The van der Waals surface area contributed by atoms with Crippen LogP contribution in [-0.4, -0.2) is 48.8 Å². The van der Waals surface area contributed by atoms with Crippen LogP contribution in [0.15, 0.2) is 29.2 Å². The molecule has 122 valence electrons. The number of methoxy groups -OCH3 is 3. The number of hydrogen-bond acceptors (Lipinski definition) is 7. The molecule has 9 heteroatoms. The van der Waals surface area contributed by atoms with Crippen molar-refractivity contribution >= 4 is 36.1 Å². The molecule has 0 saturated carbocycles. The first-order valence-corrected chi connectivity index (χ1v) is 7.13. The summed E-state index contributed by atoms with van der Waals surface area (Å²) in [5.74, 6) is -0.00649. The Kier molecular flexibility index (Phi) is 5.12. The molecule has 8 nitrogen and oxygen atoms in total. The number of imide groups is 1. The van der Waals surface area contributed by atoms with E-state index in [0.717, 1.165) is 30.6 Å². The summed E-state index contributed by atoms with van der Waals surface area (Å²) >= 11 is 0.772. The summed E-state index contributed by atoms with van der Waals surface area (Å²) in [6.07, 6.45) is -0.302. The second-order valence-electron chi connectivity index (χ2n) is 4.20. The molecule has 0 bridgehead atoms. The molecule has 0 spiro atoms. The molecule has 0 atom stereocenters. The van der Waals surface area contributed by atoms with Crippen LogP contribution in [0.2, 0.25) is 0 Å². The topological polar surface area (TPSA) is 85.4 Å². The van der Waals surface area contributed by atoms with E-state index in [2.05, 4.69) is 9.47 Å². The number of amides is 3. The zero-order valence-electron chi connectivity index (χ0n) is 12.6. The highest BCUT2D eigenvalue weighted by Crippen LogP contribution is 2.36. The van der Waals surface area contributed by atoms with Crippen molar-refractivity contribution in [2.75, 3.05) is 21.3 Å². The van der Waals surface area contributed by atoms with E-state index in [1.165, 1.54) is 0 Å². The molecule has 1 aromatic carbocycles. The van der Waals surface area contributed by atoms with E-state index in [1.54, 1.807) is 37.5 Å². The Hall–Kier alpha value is -2.68. The predicted octanol–water partition coefficient (Wildman–Crippen LogP) is 2.28. The van der Waals surface area contributed by atoms with E-state index in [-0.39, 0.29) is 4.91 Å². The normalized spacial score (nSPS) is 15.8. The fourth-order valence-corrected chi connectivity index (χ4v) is 2.65. The van der Waals surface area contributed by atoms with Gasteiger partial charge in [0.2, 0.25) is 0 Å². The maximum absolute atomic E-state index is 12.3. The minimum absolute atomic E-state index is 0.172. The zero-order valence-corrected chi connectivity index (χ0v) is 13.5. The molecule has 0 aliphatic carbocycles. The van der Waals surface area contributed by atoms with Gasteiger partial charge in [-0.3, -0.25) is 4.79 Å². The van der Waals surface area contributed by atoms with E-state index in [4.69, 9.17) is 4.74 Å². The molecular weight excluding hydrogens is 324 g/mol. The van der Waals surface area contributed by atoms with Gasteiger partial charge in [-0.1, -0.05) is 12.1 Å². The molecule has 0 N–H and O–H groups in total. The summed E-state index contributed by atoms with van der Waals surface area (Å²) in [6.45, 7) is 0. The minimum Gasteiger partial charge on any atom is -0.497 e. The van der Waals surface area contributed by atoms with Gasteiger partial charge in [0.05, 0.1) is 26.2 Å². The van der Waals surface area contributed by atoms with Gasteiger partial charge < -0.3 is 14.2 Å². The summed E-state index contributed by atoms with van der Waals surface area (Å²) < 4.78 is 14.9. The lowest BCUT2D eigenvalue weighted by Crippen LogP contribution is -2.44. The number of hydrogen-bond donors (Lipinski definition) is 0. The third-order valence-corrected chi connectivity index (χ3v) is 3.84. The van der Waals surface area contributed by atoms with Crippen molar-refractivity contribution in [3.05, 3.63) is 34.7 Å². The minimum atomic E-state index is -0.981. The van der Waals surface area contributed by atoms with Gasteiger partial charge in [0.15, 0.2) is 0 Å². The number of hydrazine groups is 1. The average molecular weight is 338 g/mol. The first kappa shape index (κ1) is 16.7. The molecule has 0 aromatic heterocycles. The highest BCUT2D eigenvalue weighted by Gasteiger charge is 2.44. The van der Waals surface area contributed by atoms with Crippen molar-refractivity contribution in [1.29, 1.82) is 0 Å². The largest absolute Gasteiger partial charge is 0.497 e. The Bertz CT molecular complexity index is 658. The summed E-state index contributed by atoms with van der Waals surface area (Å²) in [5, 5.41) is 0.575. The maximum atomic E-state index is 12.3. The Morgan fingerprint density at radius 2 is 1.65 bits per heavy atom. The van der Waals surface area contributed by atoms with E-state index < -0.39 is 18.1 Å². The van der Waals surface area contributed by atoms with Crippen LogP contribution in [0.3, 0.4) is 0 Å². The van der Waals surface area contributed by atoms with Crippen LogP contribution < -0.4 is 4.74 Å². The quantitative estimate of drug-likeness (QED) is 0.604. The first-order chi connectivity index (χ1) is 11.0. The second kappa shape index (κ2) is 7.05. The van der Waals surface area contributed by atoms with E-state index in [1.807, 2.05) is 0 Å². The number of nitrogens with zero attached hydrogens (tertiary/aromatic N) is 2. The van der Waals surface area contributed by atoms with Gasteiger partial charge in [-0.2, -0.15) is 0 Å². The number of rotatable bonds is 2. The third kappa shape index (κ3) is 3.39. The molecule has 3 amide bonds. The number of benzene rings is 1. The highest BCUT2D eigenvalue weighted by atomic mass is 32.2. The monoisotopic (exact) mass is 338 g/mol. The molecule has 0 radical (unpaired) electrons. The summed E-state index contributed by atoms with van der Waals surface area (Å²) in [5.41, 5.74) is 0.707. The molecule has 1 fully saturated rings. The van der Waals surface area contributed by atoms with Crippen molar-refractivity contribution in [2.24, 2.45) is 0 Å². The molecular formula is C14H14N2O6S. The van der Waals surface area contributed by atoms with Crippen LogP contribution in [0.25, 0.3) is 6.08 Å². The van der Waals surface area contributed by atoms with Crippen molar-refractivity contribution < 1.29 is 28.6 Å². The van der Waals surface area contributed by atoms with Gasteiger partial charge in [-0.25, -0.2) is 9.59 Å². The lowest BCUT2D eigenvalue weighted by molar-refractivity contribution is -0.129. The van der Waals surface area contributed by atoms with Gasteiger partial charge in [0.25, 0.3) is 5.91 Å². The van der Waals surface area contributed by atoms with Gasteiger partial charge in [0, 0.05) is 11.9 Å². The molecule has 1 saturated heterocycles. The lowest BCUT2D eigenvalue weighted by atomic mass is 10.2. The van der Waals surface area contributed by atoms with Crippen molar-refractivity contribution in [1.82, 2.24) is 9.42 Å². The number of ether oxygens (including phenoxy) is 3. The predicted molar refractivity (Wildman–Crippen MR) is 82.1 cm³/mol. The van der Waals surface area contributed by atoms with Crippen molar-refractivity contribution in [2.45, 2.75) is 0 Å². The molecule has 1 aliphatic heterocycles. The maximum Gasteiger partial charge on any atom is 0.440 e. The van der Waals surface area contributed by atoms with Gasteiger partial charge >= 0.3 is 12.2 Å². The van der Waals surface area contributed by atoms with Gasteiger partial charge in [-0.05, 0) is 23.8 Å². The molecule has 1 aromatic rings. The Balaban J connectivity index is 2.32. The molecule has 0 unspecified atom stereocenters. The van der Waals surface area contributed by atoms with Crippen LogP contribution in [0, 0.1) is 0 Å².